The fraction of sp³-hybridized carbons (Fsp3) is 0.143. The van der Waals surface area contributed by atoms with Gasteiger partial charge >= 0.3 is 0 Å². The highest BCUT2D eigenvalue weighted by molar-refractivity contribution is 9.10. The van der Waals surface area contributed by atoms with E-state index >= 15 is 0 Å². The third kappa shape index (κ3) is 3.45. The lowest BCUT2D eigenvalue weighted by Gasteiger charge is -2.17. The molecule has 0 amide bonds. The molecule has 2 rings (SSSR count). The maximum Gasteiger partial charge on any atom is 0.141 e. The highest BCUT2D eigenvalue weighted by Gasteiger charge is 2.11. The van der Waals surface area contributed by atoms with E-state index in [0.29, 0.717) is 15.7 Å². The van der Waals surface area contributed by atoms with E-state index in [1.807, 2.05) is 6.92 Å². The van der Waals surface area contributed by atoms with Gasteiger partial charge in [-0.25, -0.2) is 8.78 Å². The number of anilines is 1. The second-order valence-electron chi connectivity index (χ2n) is 4.16. The van der Waals surface area contributed by atoms with Gasteiger partial charge in [0.15, 0.2) is 0 Å². The minimum Gasteiger partial charge on any atom is -0.378 e. The Morgan fingerprint density at radius 1 is 1.11 bits per heavy atom. The van der Waals surface area contributed by atoms with E-state index in [9.17, 15) is 8.78 Å². The van der Waals surface area contributed by atoms with Crippen LogP contribution >= 0.6 is 27.5 Å². The third-order valence-electron chi connectivity index (χ3n) is 2.73. The molecule has 0 aliphatic carbocycles. The molecular formula is C14H11BrClF2N. The molecule has 2 aromatic carbocycles. The van der Waals surface area contributed by atoms with Crippen molar-refractivity contribution in [3.63, 3.8) is 0 Å². The molecular weight excluding hydrogens is 336 g/mol. The molecule has 0 aliphatic heterocycles. The Kier molecular flexibility index (Phi) is 4.42. The molecule has 0 radical (unpaired) electrons. The number of halogens is 4. The first kappa shape index (κ1) is 14.3. The SMILES string of the molecule is CC(Nc1ccc(F)c(Cl)c1)c1ccc(Br)cc1F. The highest BCUT2D eigenvalue weighted by Crippen LogP contribution is 2.26. The van der Waals surface area contributed by atoms with Gasteiger partial charge in [-0.2, -0.15) is 0 Å². The monoisotopic (exact) mass is 345 g/mol. The number of benzene rings is 2. The lowest BCUT2D eigenvalue weighted by molar-refractivity contribution is 0.599. The Hall–Kier alpha value is -1.13. The molecule has 0 fully saturated rings. The van der Waals surface area contributed by atoms with E-state index in [2.05, 4.69) is 21.2 Å². The first-order valence-electron chi connectivity index (χ1n) is 5.64. The summed E-state index contributed by atoms with van der Waals surface area (Å²) < 4.78 is 27.5. The summed E-state index contributed by atoms with van der Waals surface area (Å²) in [5.41, 5.74) is 1.17. The van der Waals surface area contributed by atoms with Crippen molar-refractivity contribution in [1.82, 2.24) is 0 Å². The normalized spacial score (nSPS) is 12.3. The van der Waals surface area contributed by atoms with Crippen LogP contribution in [0, 0.1) is 11.6 Å². The predicted octanol–water partition coefficient (Wildman–Crippen LogP) is 5.55. The number of hydrogen-bond acceptors (Lipinski definition) is 1. The molecule has 100 valence electrons. The average molecular weight is 347 g/mol. The molecule has 1 unspecified atom stereocenters. The van der Waals surface area contributed by atoms with Gasteiger partial charge in [0, 0.05) is 15.7 Å². The summed E-state index contributed by atoms with van der Waals surface area (Å²) in [7, 11) is 0. The predicted molar refractivity (Wildman–Crippen MR) is 77.5 cm³/mol. The van der Waals surface area contributed by atoms with Crippen LogP contribution in [0.4, 0.5) is 14.5 Å². The van der Waals surface area contributed by atoms with E-state index in [1.54, 1.807) is 18.2 Å². The summed E-state index contributed by atoms with van der Waals surface area (Å²) in [6.45, 7) is 1.82. The minimum atomic E-state index is -0.477. The Balaban J connectivity index is 2.20. The maximum absolute atomic E-state index is 13.8. The van der Waals surface area contributed by atoms with E-state index in [4.69, 9.17) is 11.6 Å². The number of hydrogen-bond donors (Lipinski definition) is 1. The van der Waals surface area contributed by atoms with Gasteiger partial charge in [-0.05, 0) is 37.3 Å². The highest BCUT2D eigenvalue weighted by atomic mass is 79.9. The van der Waals surface area contributed by atoms with Crippen LogP contribution in [-0.4, -0.2) is 0 Å². The van der Waals surface area contributed by atoms with Gasteiger partial charge in [-0.15, -0.1) is 0 Å². The van der Waals surface area contributed by atoms with Gasteiger partial charge in [0.1, 0.15) is 11.6 Å². The molecule has 0 aliphatic rings. The first-order chi connectivity index (χ1) is 8.97. The quantitative estimate of drug-likeness (QED) is 0.768. The average Bonchev–Trinajstić information content (AvgIpc) is 2.33. The van der Waals surface area contributed by atoms with Gasteiger partial charge in [-0.1, -0.05) is 33.6 Å². The summed E-state index contributed by atoms with van der Waals surface area (Å²) in [4.78, 5) is 0. The Bertz CT molecular complexity index is 604. The van der Waals surface area contributed by atoms with Crippen molar-refractivity contribution in [3.05, 3.63) is 63.1 Å². The van der Waals surface area contributed by atoms with Gasteiger partial charge < -0.3 is 5.32 Å². The first-order valence-corrected chi connectivity index (χ1v) is 6.81. The summed E-state index contributed by atoms with van der Waals surface area (Å²) in [6.07, 6.45) is 0. The van der Waals surface area contributed by atoms with E-state index in [1.165, 1.54) is 18.2 Å². The Morgan fingerprint density at radius 3 is 2.47 bits per heavy atom. The lowest BCUT2D eigenvalue weighted by atomic mass is 10.1. The van der Waals surface area contributed by atoms with Crippen molar-refractivity contribution in [2.45, 2.75) is 13.0 Å². The molecule has 1 nitrogen and oxygen atoms in total. The van der Waals surface area contributed by atoms with Gasteiger partial charge in [0.05, 0.1) is 11.1 Å². The standard InChI is InChI=1S/C14H11BrClF2N/c1-8(11-4-2-9(15)6-14(11)18)19-10-3-5-13(17)12(16)7-10/h2-8,19H,1H3. The zero-order valence-electron chi connectivity index (χ0n) is 10.1. The topological polar surface area (TPSA) is 12.0 Å². The third-order valence-corrected chi connectivity index (χ3v) is 3.51. The molecule has 1 atom stereocenters. The summed E-state index contributed by atoms with van der Waals surface area (Å²) in [5, 5.41) is 3.12. The molecule has 0 bridgehead atoms. The molecule has 1 N–H and O–H groups in total. The molecule has 5 heteroatoms. The largest absolute Gasteiger partial charge is 0.378 e. The van der Waals surface area contributed by atoms with Crippen LogP contribution in [-0.2, 0) is 0 Å². The Morgan fingerprint density at radius 2 is 1.84 bits per heavy atom. The zero-order chi connectivity index (χ0) is 14.0. The zero-order valence-corrected chi connectivity index (χ0v) is 12.4. The molecule has 0 saturated heterocycles. The van der Waals surface area contributed by atoms with Crippen LogP contribution in [0.2, 0.25) is 5.02 Å². The summed E-state index contributed by atoms with van der Waals surface area (Å²) in [5.74, 6) is -0.780. The second-order valence-corrected chi connectivity index (χ2v) is 5.48. The van der Waals surface area contributed by atoms with Crippen molar-refractivity contribution in [2.24, 2.45) is 0 Å². The van der Waals surface area contributed by atoms with Gasteiger partial charge in [-0.3, -0.25) is 0 Å². The van der Waals surface area contributed by atoms with Crippen LogP contribution < -0.4 is 5.32 Å². The van der Waals surface area contributed by atoms with Crippen LogP contribution in [0.15, 0.2) is 40.9 Å². The Labute approximate surface area is 123 Å². The van der Waals surface area contributed by atoms with Crippen molar-refractivity contribution in [3.8, 4) is 0 Å². The summed E-state index contributed by atoms with van der Waals surface area (Å²) in [6, 6.07) is 8.94. The van der Waals surface area contributed by atoms with Gasteiger partial charge in [0.25, 0.3) is 0 Å². The summed E-state index contributed by atoms with van der Waals surface area (Å²) >= 11 is 8.91. The van der Waals surface area contributed by atoms with Crippen molar-refractivity contribution < 1.29 is 8.78 Å². The minimum absolute atomic E-state index is 0.0356. The molecule has 0 aromatic heterocycles. The number of nitrogens with one attached hydrogen (secondary N) is 1. The van der Waals surface area contributed by atoms with E-state index in [-0.39, 0.29) is 16.9 Å². The van der Waals surface area contributed by atoms with Gasteiger partial charge in [0.2, 0.25) is 0 Å². The fourth-order valence-corrected chi connectivity index (χ4v) is 2.28. The van der Waals surface area contributed by atoms with Crippen LogP contribution in [0.25, 0.3) is 0 Å². The second kappa shape index (κ2) is 5.88. The molecule has 0 saturated carbocycles. The van der Waals surface area contributed by atoms with Crippen molar-refractivity contribution in [2.75, 3.05) is 5.32 Å². The van der Waals surface area contributed by atoms with E-state index < -0.39 is 5.82 Å². The van der Waals surface area contributed by atoms with Crippen LogP contribution in [0.3, 0.4) is 0 Å². The van der Waals surface area contributed by atoms with E-state index in [0.717, 1.165) is 0 Å². The molecule has 0 heterocycles. The molecule has 19 heavy (non-hydrogen) atoms. The lowest BCUT2D eigenvalue weighted by Crippen LogP contribution is -2.08. The maximum atomic E-state index is 13.8. The van der Waals surface area contributed by atoms with Crippen LogP contribution in [0.1, 0.15) is 18.5 Å². The smallest absolute Gasteiger partial charge is 0.141 e. The molecule has 2 aromatic rings. The number of rotatable bonds is 3. The fourth-order valence-electron chi connectivity index (χ4n) is 1.77. The van der Waals surface area contributed by atoms with Crippen molar-refractivity contribution >= 4 is 33.2 Å². The molecule has 0 spiro atoms. The van der Waals surface area contributed by atoms with Crippen molar-refractivity contribution in [1.29, 1.82) is 0 Å². The van der Waals surface area contributed by atoms with Crippen LogP contribution in [0.5, 0.6) is 0 Å².